The van der Waals surface area contributed by atoms with E-state index in [1.807, 2.05) is 0 Å². The van der Waals surface area contributed by atoms with Gasteiger partial charge in [-0.15, -0.1) is 0 Å². The first-order chi connectivity index (χ1) is 5.38. The molecule has 2 heteroatoms. The van der Waals surface area contributed by atoms with Crippen molar-refractivity contribution in [2.45, 2.75) is 38.6 Å². The van der Waals surface area contributed by atoms with Crippen LogP contribution < -0.4 is 0 Å². The molecule has 0 saturated carbocycles. The summed E-state index contributed by atoms with van der Waals surface area (Å²) in [6.07, 6.45) is 5.66. The topological polar surface area (TPSA) is 3.24 Å². The molecule has 1 aliphatic heterocycles. The normalized spacial score (nSPS) is 27.3. The van der Waals surface area contributed by atoms with E-state index in [1.54, 1.807) is 0 Å². The van der Waals surface area contributed by atoms with Crippen molar-refractivity contribution in [2.24, 2.45) is 0 Å². The second-order valence-corrected chi connectivity index (χ2v) is 4.36. The van der Waals surface area contributed by atoms with Gasteiger partial charge >= 0.3 is 0 Å². The van der Waals surface area contributed by atoms with Crippen molar-refractivity contribution in [2.75, 3.05) is 17.5 Å². The highest BCUT2D eigenvalue weighted by atomic mass is 127. The summed E-state index contributed by atoms with van der Waals surface area (Å²) in [6.45, 7) is 4.97. The fourth-order valence-corrected chi connectivity index (χ4v) is 2.54. The van der Waals surface area contributed by atoms with Crippen LogP contribution in [-0.2, 0) is 0 Å². The number of hydrogen-bond acceptors (Lipinski definition) is 1. The van der Waals surface area contributed by atoms with Gasteiger partial charge in [-0.25, -0.2) is 0 Å². The molecule has 1 saturated heterocycles. The molecule has 0 aromatic heterocycles. The van der Waals surface area contributed by atoms with E-state index in [2.05, 4.69) is 34.4 Å². The van der Waals surface area contributed by atoms with E-state index >= 15 is 0 Å². The maximum Gasteiger partial charge on any atom is 0.0123 e. The van der Waals surface area contributed by atoms with Crippen molar-refractivity contribution in [1.82, 2.24) is 4.90 Å². The van der Waals surface area contributed by atoms with Crippen LogP contribution in [0, 0.1) is 0 Å². The number of hydrogen-bond donors (Lipinski definition) is 0. The van der Waals surface area contributed by atoms with Gasteiger partial charge in [-0.05, 0) is 25.8 Å². The van der Waals surface area contributed by atoms with E-state index < -0.39 is 0 Å². The van der Waals surface area contributed by atoms with Gasteiger partial charge in [0, 0.05) is 17.0 Å². The van der Waals surface area contributed by atoms with Crippen LogP contribution in [0.5, 0.6) is 0 Å². The summed E-state index contributed by atoms with van der Waals surface area (Å²) in [5, 5.41) is 0. The average molecular weight is 267 g/mol. The van der Waals surface area contributed by atoms with Gasteiger partial charge in [-0.1, -0.05) is 35.9 Å². The predicted molar refractivity (Wildman–Crippen MR) is 58.4 cm³/mol. The zero-order chi connectivity index (χ0) is 8.10. The van der Waals surface area contributed by atoms with E-state index in [-0.39, 0.29) is 0 Å². The van der Waals surface area contributed by atoms with Crippen LogP contribution in [0.4, 0.5) is 0 Å². The van der Waals surface area contributed by atoms with Gasteiger partial charge in [0.15, 0.2) is 0 Å². The number of piperidine rings is 1. The van der Waals surface area contributed by atoms with Crippen LogP contribution >= 0.6 is 22.6 Å². The third-order valence-corrected chi connectivity index (χ3v) is 3.07. The summed E-state index contributed by atoms with van der Waals surface area (Å²) >= 11 is 2.47. The van der Waals surface area contributed by atoms with Gasteiger partial charge in [0.05, 0.1) is 0 Å². The molecule has 1 unspecified atom stereocenters. The number of nitrogens with zero attached hydrogens (tertiary/aromatic N) is 1. The van der Waals surface area contributed by atoms with Crippen molar-refractivity contribution in [3.63, 3.8) is 0 Å². The Balaban J connectivity index is 2.31. The van der Waals surface area contributed by atoms with Gasteiger partial charge in [-0.3, -0.25) is 4.90 Å². The summed E-state index contributed by atoms with van der Waals surface area (Å²) < 4.78 is 1.29. The SMILES string of the molecule is CCC1CCCCN1CCI. The lowest BCUT2D eigenvalue weighted by atomic mass is 10.0. The highest BCUT2D eigenvalue weighted by Gasteiger charge is 2.19. The van der Waals surface area contributed by atoms with Gasteiger partial charge < -0.3 is 0 Å². The smallest absolute Gasteiger partial charge is 0.0123 e. The Bertz CT molecular complexity index is 104. The molecule has 1 aliphatic rings. The van der Waals surface area contributed by atoms with Crippen LogP contribution in [0.2, 0.25) is 0 Å². The van der Waals surface area contributed by atoms with E-state index in [0.29, 0.717) is 0 Å². The molecule has 1 atom stereocenters. The number of halogens is 1. The number of alkyl halides is 1. The first-order valence-electron chi connectivity index (χ1n) is 4.68. The van der Waals surface area contributed by atoms with Crippen LogP contribution in [0.3, 0.4) is 0 Å². The third kappa shape index (κ3) is 2.90. The van der Waals surface area contributed by atoms with Gasteiger partial charge in [0.2, 0.25) is 0 Å². The van der Waals surface area contributed by atoms with Crippen molar-refractivity contribution in [3.05, 3.63) is 0 Å². The molecule has 0 radical (unpaired) electrons. The summed E-state index contributed by atoms with van der Waals surface area (Å²) in [5.74, 6) is 0. The molecule has 0 amide bonds. The minimum absolute atomic E-state index is 0.901. The largest absolute Gasteiger partial charge is 0.300 e. The zero-order valence-electron chi connectivity index (χ0n) is 7.35. The molecule has 1 nitrogen and oxygen atoms in total. The molecule has 11 heavy (non-hydrogen) atoms. The summed E-state index contributed by atoms with van der Waals surface area (Å²) in [7, 11) is 0. The lowest BCUT2D eigenvalue weighted by Crippen LogP contribution is -2.40. The molecular weight excluding hydrogens is 249 g/mol. The lowest BCUT2D eigenvalue weighted by molar-refractivity contribution is 0.154. The molecule has 0 aromatic rings. The van der Waals surface area contributed by atoms with E-state index in [1.165, 1.54) is 43.2 Å². The second-order valence-electron chi connectivity index (χ2n) is 3.28. The quantitative estimate of drug-likeness (QED) is 0.561. The molecule has 0 aliphatic carbocycles. The Kier molecular flexibility index (Phi) is 4.76. The molecule has 1 fully saturated rings. The second kappa shape index (κ2) is 5.36. The monoisotopic (exact) mass is 267 g/mol. The Labute approximate surface area is 83.7 Å². The third-order valence-electron chi connectivity index (χ3n) is 2.59. The van der Waals surface area contributed by atoms with Crippen molar-refractivity contribution >= 4 is 22.6 Å². The Morgan fingerprint density at radius 2 is 2.27 bits per heavy atom. The van der Waals surface area contributed by atoms with Crippen LogP contribution in [0.25, 0.3) is 0 Å². The zero-order valence-corrected chi connectivity index (χ0v) is 9.51. The first-order valence-corrected chi connectivity index (χ1v) is 6.21. The minimum Gasteiger partial charge on any atom is -0.300 e. The molecular formula is C9H18IN. The minimum atomic E-state index is 0.901. The highest BCUT2D eigenvalue weighted by Crippen LogP contribution is 2.18. The van der Waals surface area contributed by atoms with Crippen LogP contribution in [0.15, 0.2) is 0 Å². The van der Waals surface area contributed by atoms with E-state index in [9.17, 15) is 0 Å². The number of rotatable bonds is 3. The molecule has 0 bridgehead atoms. The average Bonchev–Trinajstić information content (AvgIpc) is 2.06. The Hall–Kier alpha value is 0.690. The standard InChI is InChI=1S/C9H18IN/c1-2-9-5-3-4-7-11(9)8-6-10/h9H,2-8H2,1H3. The van der Waals surface area contributed by atoms with Gasteiger partial charge in [0.1, 0.15) is 0 Å². The van der Waals surface area contributed by atoms with Crippen LogP contribution in [-0.4, -0.2) is 28.5 Å². The summed E-state index contributed by atoms with van der Waals surface area (Å²) in [6, 6.07) is 0.901. The van der Waals surface area contributed by atoms with Crippen molar-refractivity contribution < 1.29 is 0 Å². The predicted octanol–water partition coefficient (Wildman–Crippen LogP) is 2.69. The maximum atomic E-state index is 2.66. The van der Waals surface area contributed by atoms with Crippen LogP contribution in [0.1, 0.15) is 32.6 Å². The van der Waals surface area contributed by atoms with E-state index in [4.69, 9.17) is 0 Å². The lowest BCUT2D eigenvalue weighted by Gasteiger charge is -2.34. The summed E-state index contributed by atoms with van der Waals surface area (Å²) in [5.41, 5.74) is 0. The molecule has 0 spiro atoms. The maximum absolute atomic E-state index is 2.66. The summed E-state index contributed by atoms with van der Waals surface area (Å²) in [4.78, 5) is 2.66. The van der Waals surface area contributed by atoms with Crippen molar-refractivity contribution in [1.29, 1.82) is 0 Å². The first kappa shape index (κ1) is 9.78. The Morgan fingerprint density at radius 1 is 1.45 bits per heavy atom. The van der Waals surface area contributed by atoms with Gasteiger partial charge in [0.25, 0.3) is 0 Å². The molecule has 0 N–H and O–H groups in total. The molecule has 0 aromatic carbocycles. The van der Waals surface area contributed by atoms with E-state index in [0.717, 1.165) is 6.04 Å². The molecule has 1 heterocycles. The molecule has 66 valence electrons. The highest BCUT2D eigenvalue weighted by molar-refractivity contribution is 14.1. The van der Waals surface area contributed by atoms with Gasteiger partial charge in [-0.2, -0.15) is 0 Å². The molecule has 1 rings (SSSR count). The van der Waals surface area contributed by atoms with Crippen molar-refractivity contribution in [3.8, 4) is 0 Å². The fourth-order valence-electron chi connectivity index (χ4n) is 1.93. The fraction of sp³-hybridized carbons (Fsp3) is 1.00. The Morgan fingerprint density at radius 3 is 2.91 bits per heavy atom. The number of likely N-dealkylation sites (tertiary alicyclic amines) is 1.